The van der Waals surface area contributed by atoms with Crippen LogP contribution >= 0.6 is 0 Å². The molecule has 0 saturated carbocycles. The van der Waals surface area contributed by atoms with Crippen molar-refractivity contribution < 1.29 is 23.9 Å². The van der Waals surface area contributed by atoms with Gasteiger partial charge in [-0.15, -0.1) is 0 Å². The summed E-state index contributed by atoms with van der Waals surface area (Å²) >= 11 is 0. The molecule has 0 rings (SSSR count). The Morgan fingerprint density at radius 2 is 1.87 bits per heavy atom. The van der Waals surface area contributed by atoms with Crippen molar-refractivity contribution in [2.75, 3.05) is 20.3 Å². The molecular formula is C15H27N3O5. The lowest BCUT2D eigenvalue weighted by atomic mass is 10.1. The summed E-state index contributed by atoms with van der Waals surface area (Å²) < 4.78 is 10.00. The van der Waals surface area contributed by atoms with Crippen LogP contribution in [0.4, 0.5) is 0 Å². The molecule has 0 aromatic heterocycles. The number of amides is 1. The van der Waals surface area contributed by atoms with Crippen molar-refractivity contribution >= 4 is 23.9 Å². The minimum Gasteiger partial charge on any atom is -0.463 e. The van der Waals surface area contributed by atoms with E-state index in [4.69, 9.17) is 14.9 Å². The largest absolute Gasteiger partial charge is 0.463 e. The van der Waals surface area contributed by atoms with Crippen LogP contribution in [0.1, 0.15) is 33.6 Å². The second-order valence-electron chi connectivity index (χ2n) is 5.36. The van der Waals surface area contributed by atoms with Crippen molar-refractivity contribution in [1.82, 2.24) is 10.6 Å². The van der Waals surface area contributed by atoms with Crippen molar-refractivity contribution in [2.24, 2.45) is 0 Å². The quantitative estimate of drug-likeness (QED) is 0.264. The van der Waals surface area contributed by atoms with Gasteiger partial charge in [-0.2, -0.15) is 0 Å². The number of hydrogen-bond acceptors (Lipinski definition) is 7. The van der Waals surface area contributed by atoms with E-state index in [9.17, 15) is 14.4 Å². The number of ether oxygens (including phenoxy) is 2. The fraction of sp³-hybridized carbons (Fsp3) is 0.733. The van der Waals surface area contributed by atoms with Gasteiger partial charge in [-0.05, 0) is 13.3 Å². The summed E-state index contributed by atoms with van der Waals surface area (Å²) in [6.07, 6.45) is 0.0302. The molecule has 0 aromatic rings. The molecule has 0 aliphatic carbocycles. The standard InChI is InChI=1S/C15H27N3O5/c1-10(2)17-7-8-23-15(21)13(6-5-12(19)9-16)18-14(20)11(3)22-4/h9-11,13,16-17H,5-8H2,1-4H3,(H,18,20)/t11-,13+/m1/s1. The van der Waals surface area contributed by atoms with Crippen LogP contribution in [0.15, 0.2) is 0 Å². The number of carbonyl (C=O) groups excluding carboxylic acids is 3. The molecule has 132 valence electrons. The molecule has 8 nitrogen and oxygen atoms in total. The minimum absolute atomic E-state index is 0.0187. The molecule has 0 radical (unpaired) electrons. The Kier molecular flexibility index (Phi) is 10.8. The zero-order chi connectivity index (χ0) is 17.8. The highest BCUT2D eigenvalue weighted by Gasteiger charge is 2.25. The zero-order valence-corrected chi connectivity index (χ0v) is 14.2. The van der Waals surface area contributed by atoms with Crippen LogP contribution < -0.4 is 10.6 Å². The van der Waals surface area contributed by atoms with Crippen molar-refractivity contribution in [1.29, 1.82) is 5.41 Å². The Balaban J connectivity index is 4.55. The van der Waals surface area contributed by atoms with Gasteiger partial charge in [0.05, 0.1) is 6.21 Å². The lowest BCUT2D eigenvalue weighted by molar-refractivity contribution is -0.149. The highest BCUT2D eigenvalue weighted by atomic mass is 16.5. The zero-order valence-electron chi connectivity index (χ0n) is 14.2. The number of carbonyl (C=O) groups is 3. The molecule has 2 atom stereocenters. The number of methoxy groups -OCH3 is 1. The Bertz CT molecular complexity index is 412. The van der Waals surface area contributed by atoms with Crippen LogP contribution in [0.3, 0.4) is 0 Å². The maximum Gasteiger partial charge on any atom is 0.328 e. The van der Waals surface area contributed by atoms with E-state index in [0.29, 0.717) is 12.8 Å². The molecule has 0 aliphatic rings. The van der Waals surface area contributed by atoms with Gasteiger partial charge in [-0.1, -0.05) is 13.8 Å². The lowest BCUT2D eigenvalue weighted by Gasteiger charge is -2.19. The number of ketones is 1. The van der Waals surface area contributed by atoms with Gasteiger partial charge in [0, 0.05) is 26.1 Å². The van der Waals surface area contributed by atoms with Gasteiger partial charge in [0.15, 0.2) is 5.78 Å². The smallest absolute Gasteiger partial charge is 0.328 e. The van der Waals surface area contributed by atoms with E-state index in [2.05, 4.69) is 10.6 Å². The lowest BCUT2D eigenvalue weighted by Crippen LogP contribution is -2.46. The highest BCUT2D eigenvalue weighted by molar-refractivity contribution is 6.26. The van der Waals surface area contributed by atoms with E-state index in [0.717, 1.165) is 0 Å². The molecule has 8 heteroatoms. The van der Waals surface area contributed by atoms with Crippen LogP contribution in [0.2, 0.25) is 0 Å². The molecule has 0 unspecified atom stereocenters. The summed E-state index contributed by atoms with van der Waals surface area (Å²) in [6.45, 7) is 6.16. The van der Waals surface area contributed by atoms with Crippen LogP contribution in [-0.4, -0.2) is 62.3 Å². The first-order valence-electron chi connectivity index (χ1n) is 7.58. The number of nitrogens with one attached hydrogen (secondary N) is 3. The van der Waals surface area contributed by atoms with Gasteiger partial charge in [-0.25, -0.2) is 4.79 Å². The second kappa shape index (κ2) is 11.7. The fourth-order valence-electron chi connectivity index (χ4n) is 1.60. The molecule has 23 heavy (non-hydrogen) atoms. The Morgan fingerprint density at radius 1 is 1.22 bits per heavy atom. The van der Waals surface area contributed by atoms with Gasteiger partial charge < -0.3 is 25.5 Å². The van der Waals surface area contributed by atoms with Crippen molar-refractivity contribution in [3.63, 3.8) is 0 Å². The third kappa shape index (κ3) is 9.75. The number of esters is 1. The number of rotatable bonds is 12. The Hall–Kier alpha value is -1.80. The van der Waals surface area contributed by atoms with Crippen molar-refractivity contribution in [2.45, 2.75) is 51.8 Å². The van der Waals surface area contributed by atoms with Crippen molar-refractivity contribution in [3.05, 3.63) is 0 Å². The summed E-state index contributed by atoms with van der Waals surface area (Å²) in [4.78, 5) is 35.1. The Morgan fingerprint density at radius 3 is 2.39 bits per heavy atom. The molecule has 0 fully saturated rings. The predicted octanol–water partition coefficient (Wildman–Crippen LogP) is 0.0462. The summed E-state index contributed by atoms with van der Waals surface area (Å²) in [6, 6.07) is -0.667. The first-order chi connectivity index (χ1) is 10.8. The van der Waals surface area contributed by atoms with Gasteiger partial charge in [0.2, 0.25) is 5.91 Å². The van der Waals surface area contributed by atoms with Gasteiger partial charge in [0.25, 0.3) is 0 Å². The predicted molar refractivity (Wildman–Crippen MR) is 85.5 cm³/mol. The van der Waals surface area contributed by atoms with Crippen LogP contribution in [-0.2, 0) is 23.9 Å². The normalized spacial score (nSPS) is 13.3. The van der Waals surface area contributed by atoms with Crippen LogP contribution in [0.5, 0.6) is 0 Å². The molecular weight excluding hydrogens is 302 g/mol. The maximum absolute atomic E-state index is 12.1. The van der Waals surface area contributed by atoms with E-state index >= 15 is 0 Å². The molecule has 1 amide bonds. The molecule has 0 aromatic carbocycles. The van der Waals surface area contributed by atoms with Crippen LogP contribution in [0, 0.1) is 5.41 Å². The van der Waals surface area contributed by atoms with Gasteiger partial charge >= 0.3 is 5.97 Å². The average Bonchev–Trinajstić information content (AvgIpc) is 2.53. The number of hydrogen-bond donors (Lipinski definition) is 3. The van der Waals surface area contributed by atoms with Crippen LogP contribution in [0.25, 0.3) is 0 Å². The molecule has 0 bridgehead atoms. The second-order valence-corrected chi connectivity index (χ2v) is 5.36. The average molecular weight is 329 g/mol. The third-order valence-corrected chi connectivity index (χ3v) is 3.06. The van der Waals surface area contributed by atoms with E-state index < -0.39 is 29.8 Å². The molecule has 0 saturated heterocycles. The summed E-state index contributed by atoms with van der Waals surface area (Å²) in [7, 11) is 1.38. The summed E-state index contributed by atoms with van der Waals surface area (Å²) in [5, 5.41) is 12.5. The minimum atomic E-state index is -0.942. The van der Waals surface area contributed by atoms with Crippen molar-refractivity contribution in [3.8, 4) is 0 Å². The maximum atomic E-state index is 12.1. The molecule has 0 heterocycles. The monoisotopic (exact) mass is 329 g/mol. The van der Waals surface area contributed by atoms with E-state index in [1.165, 1.54) is 7.11 Å². The SMILES string of the molecule is CO[C@H](C)C(=O)N[C@@H](CCC(=O)C=N)C(=O)OCCNC(C)C. The first kappa shape index (κ1) is 21.2. The van der Waals surface area contributed by atoms with E-state index in [1.54, 1.807) is 6.92 Å². The van der Waals surface area contributed by atoms with E-state index in [1.807, 2.05) is 13.8 Å². The van der Waals surface area contributed by atoms with Gasteiger partial charge in [0.1, 0.15) is 18.8 Å². The van der Waals surface area contributed by atoms with Gasteiger partial charge in [-0.3, -0.25) is 9.59 Å². The summed E-state index contributed by atoms with van der Waals surface area (Å²) in [5.74, 6) is -1.49. The Labute approximate surface area is 136 Å². The van der Waals surface area contributed by atoms with E-state index in [-0.39, 0.29) is 25.5 Å². The third-order valence-electron chi connectivity index (χ3n) is 3.06. The fourth-order valence-corrected chi connectivity index (χ4v) is 1.60. The highest BCUT2D eigenvalue weighted by Crippen LogP contribution is 2.02. The number of Topliss-reactive ketones (excluding diaryl/α,β-unsaturated/α-hetero) is 1. The first-order valence-corrected chi connectivity index (χ1v) is 7.58. The summed E-state index contributed by atoms with van der Waals surface area (Å²) in [5.41, 5.74) is 0. The topological polar surface area (TPSA) is 118 Å². The molecule has 0 aliphatic heterocycles. The molecule has 3 N–H and O–H groups in total. The molecule has 0 spiro atoms.